The van der Waals surface area contributed by atoms with Crippen molar-refractivity contribution in [1.82, 2.24) is 4.90 Å². The van der Waals surface area contributed by atoms with Crippen LogP contribution in [0.3, 0.4) is 0 Å². The standard InChI is InChI=1S/C18H29NO3/c1-13-4-6-14(7-5-13)11-18(21)19-9-2-3-16(19)15-12-22-10-8-17(15)20/h11,13,15-17,20H,2-10,12H2,1H3/t13?,15-,16+,17-/m0/s1. The minimum absolute atomic E-state index is 0.0879. The summed E-state index contributed by atoms with van der Waals surface area (Å²) in [7, 11) is 0. The fraction of sp³-hybridized carbons (Fsp3) is 0.833. The van der Waals surface area contributed by atoms with E-state index in [-0.39, 0.29) is 24.0 Å². The first kappa shape index (κ1) is 16.0. The Balaban J connectivity index is 1.64. The third-order valence-corrected chi connectivity index (χ3v) is 5.68. The molecule has 2 saturated heterocycles. The molecule has 1 N–H and O–H groups in total. The number of aliphatic hydroxyl groups is 1. The van der Waals surface area contributed by atoms with Crippen molar-refractivity contribution < 1.29 is 14.6 Å². The molecule has 3 fully saturated rings. The maximum Gasteiger partial charge on any atom is 0.246 e. The third-order valence-electron chi connectivity index (χ3n) is 5.68. The summed E-state index contributed by atoms with van der Waals surface area (Å²) in [6, 6.07) is 0.155. The first-order chi connectivity index (χ1) is 10.6. The molecule has 3 atom stereocenters. The van der Waals surface area contributed by atoms with Gasteiger partial charge in [-0.2, -0.15) is 0 Å². The van der Waals surface area contributed by atoms with Crippen molar-refractivity contribution in [3.63, 3.8) is 0 Å². The number of carbonyl (C=O) groups excluding carboxylic acids is 1. The summed E-state index contributed by atoms with van der Waals surface area (Å²) in [5.74, 6) is 1.04. The molecular weight excluding hydrogens is 278 g/mol. The molecule has 4 heteroatoms. The summed E-state index contributed by atoms with van der Waals surface area (Å²) in [6.07, 6.45) is 8.85. The van der Waals surface area contributed by atoms with E-state index < -0.39 is 0 Å². The highest BCUT2D eigenvalue weighted by atomic mass is 16.5. The van der Waals surface area contributed by atoms with E-state index in [2.05, 4.69) is 6.92 Å². The van der Waals surface area contributed by atoms with Crippen LogP contribution < -0.4 is 0 Å². The average molecular weight is 307 g/mol. The lowest BCUT2D eigenvalue weighted by Crippen LogP contribution is -2.47. The maximum atomic E-state index is 12.7. The van der Waals surface area contributed by atoms with Crippen molar-refractivity contribution >= 4 is 5.91 Å². The number of allylic oxidation sites excluding steroid dienone is 1. The first-order valence-electron chi connectivity index (χ1n) is 8.91. The highest BCUT2D eigenvalue weighted by Gasteiger charge is 2.39. The summed E-state index contributed by atoms with van der Waals surface area (Å²) >= 11 is 0. The smallest absolute Gasteiger partial charge is 0.246 e. The number of hydrogen-bond acceptors (Lipinski definition) is 3. The van der Waals surface area contributed by atoms with Gasteiger partial charge in [0.05, 0.1) is 12.7 Å². The Morgan fingerprint density at radius 1 is 1.27 bits per heavy atom. The Morgan fingerprint density at radius 3 is 2.77 bits per heavy atom. The van der Waals surface area contributed by atoms with Crippen molar-refractivity contribution in [2.45, 2.75) is 64.0 Å². The zero-order valence-corrected chi connectivity index (χ0v) is 13.7. The Morgan fingerprint density at radius 2 is 2.05 bits per heavy atom. The predicted molar refractivity (Wildman–Crippen MR) is 85.4 cm³/mol. The van der Waals surface area contributed by atoms with Gasteiger partial charge in [0.2, 0.25) is 5.91 Å². The Hall–Kier alpha value is -0.870. The number of amides is 1. The van der Waals surface area contributed by atoms with E-state index in [1.807, 2.05) is 11.0 Å². The van der Waals surface area contributed by atoms with Crippen LogP contribution in [0.15, 0.2) is 11.6 Å². The predicted octanol–water partition coefficient (Wildman–Crippen LogP) is 2.51. The third kappa shape index (κ3) is 3.54. The summed E-state index contributed by atoms with van der Waals surface area (Å²) < 4.78 is 5.54. The summed E-state index contributed by atoms with van der Waals surface area (Å²) in [4.78, 5) is 14.7. The van der Waals surface area contributed by atoms with Crippen molar-refractivity contribution in [2.75, 3.05) is 19.8 Å². The van der Waals surface area contributed by atoms with E-state index in [0.29, 0.717) is 19.6 Å². The van der Waals surface area contributed by atoms with Gasteiger partial charge in [-0.1, -0.05) is 12.5 Å². The van der Waals surface area contributed by atoms with Crippen LogP contribution >= 0.6 is 0 Å². The molecule has 3 rings (SSSR count). The van der Waals surface area contributed by atoms with Gasteiger partial charge in [-0.15, -0.1) is 0 Å². The zero-order valence-electron chi connectivity index (χ0n) is 13.7. The first-order valence-corrected chi connectivity index (χ1v) is 8.91. The fourth-order valence-corrected chi connectivity index (χ4v) is 4.16. The molecule has 0 aromatic carbocycles. The molecule has 1 saturated carbocycles. The van der Waals surface area contributed by atoms with Gasteiger partial charge in [0, 0.05) is 31.2 Å². The minimum Gasteiger partial charge on any atom is -0.393 e. The number of hydrogen-bond donors (Lipinski definition) is 1. The molecule has 2 aliphatic heterocycles. The van der Waals surface area contributed by atoms with E-state index in [4.69, 9.17) is 4.74 Å². The van der Waals surface area contributed by atoms with Gasteiger partial charge in [-0.05, 0) is 50.9 Å². The van der Waals surface area contributed by atoms with E-state index in [1.165, 1.54) is 18.4 Å². The van der Waals surface area contributed by atoms with E-state index in [9.17, 15) is 9.90 Å². The molecule has 3 aliphatic rings. The van der Waals surface area contributed by atoms with Crippen LogP contribution in [-0.2, 0) is 9.53 Å². The minimum atomic E-state index is -0.324. The molecule has 1 aliphatic carbocycles. The number of ether oxygens (including phenoxy) is 1. The van der Waals surface area contributed by atoms with Crippen LogP contribution in [-0.4, -0.2) is 47.8 Å². The van der Waals surface area contributed by atoms with E-state index in [1.54, 1.807) is 0 Å². The van der Waals surface area contributed by atoms with Crippen molar-refractivity contribution in [3.8, 4) is 0 Å². The maximum absolute atomic E-state index is 12.7. The number of likely N-dealkylation sites (tertiary alicyclic amines) is 1. The Kier molecular flexibility index (Phi) is 5.19. The molecule has 0 spiro atoms. The van der Waals surface area contributed by atoms with Gasteiger partial charge in [0.25, 0.3) is 0 Å². The van der Waals surface area contributed by atoms with Crippen LogP contribution in [0.2, 0.25) is 0 Å². The molecule has 1 amide bonds. The number of aliphatic hydroxyl groups excluding tert-OH is 1. The second-order valence-corrected chi connectivity index (χ2v) is 7.32. The highest BCUT2D eigenvalue weighted by molar-refractivity contribution is 5.88. The normalized spacial score (nSPS) is 36.5. The quantitative estimate of drug-likeness (QED) is 0.798. The van der Waals surface area contributed by atoms with Gasteiger partial charge in [-0.25, -0.2) is 0 Å². The molecule has 4 nitrogen and oxygen atoms in total. The van der Waals surface area contributed by atoms with Gasteiger partial charge in [-0.3, -0.25) is 4.79 Å². The van der Waals surface area contributed by atoms with Crippen molar-refractivity contribution in [2.24, 2.45) is 11.8 Å². The lowest BCUT2D eigenvalue weighted by Gasteiger charge is -2.36. The average Bonchev–Trinajstić information content (AvgIpc) is 2.99. The topological polar surface area (TPSA) is 49.8 Å². The summed E-state index contributed by atoms with van der Waals surface area (Å²) in [6.45, 7) is 4.34. The zero-order chi connectivity index (χ0) is 15.5. The number of carbonyl (C=O) groups is 1. The van der Waals surface area contributed by atoms with Crippen LogP contribution in [0.5, 0.6) is 0 Å². The van der Waals surface area contributed by atoms with Gasteiger partial charge >= 0.3 is 0 Å². The summed E-state index contributed by atoms with van der Waals surface area (Å²) in [5.41, 5.74) is 1.31. The second-order valence-electron chi connectivity index (χ2n) is 7.32. The number of rotatable bonds is 2. The van der Waals surface area contributed by atoms with Crippen LogP contribution in [0, 0.1) is 11.8 Å². The van der Waals surface area contributed by atoms with Crippen LogP contribution in [0.1, 0.15) is 51.9 Å². The molecule has 0 unspecified atom stereocenters. The van der Waals surface area contributed by atoms with E-state index >= 15 is 0 Å². The monoisotopic (exact) mass is 307 g/mol. The van der Waals surface area contributed by atoms with Crippen molar-refractivity contribution in [3.05, 3.63) is 11.6 Å². The molecule has 22 heavy (non-hydrogen) atoms. The molecule has 0 aromatic rings. The van der Waals surface area contributed by atoms with Gasteiger partial charge in [0.1, 0.15) is 0 Å². The lowest BCUT2D eigenvalue weighted by atomic mass is 9.86. The molecule has 0 radical (unpaired) electrons. The molecule has 0 bridgehead atoms. The Bertz CT molecular complexity index is 424. The summed E-state index contributed by atoms with van der Waals surface area (Å²) in [5, 5.41) is 10.2. The van der Waals surface area contributed by atoms with Gasteiger partial charge < -0.3 is 14.7 Å². The van der Waals surface area contributed by atoms with Crippen molar-refractivity contribution in [1.29, 1.82) is 0 Å². The van der Waals surface area contributed by atoms with Gasteiger partial charge in [0.15, 0.2) is 0 Å². The Labute approximate surface area is 133 Å². The fourth-order valence-electron chi connectivity index (χ4n) is 4.16. The molecule has 2 heterocycles. The number of nitrogens with zero attached hydrogens (tertiary/aromatic N) is 1. The largest absolute Gasteiger partial charge is 0.393 e. The molecule has 124 valence electrons. The van der Waals surface area contributed by atoms with Crippen LogP contribution in [0.25, 0.3) is 0 Å². The lowest BCUT2D eigenvalue weighted by molar-refractivity contribution is -0.131. The molecular formula is C18H29NO3. The second kappa shape index (κ2) is 7.14. The van der Waals surface area contributed by atoms with Crippen LogP contribution in [0.4, 0.5) is 0 Å². The van der Waals surface area contributed by atoms with E-state index in [0.717, 1.165) is 38.1 Å². The highest BCUT2D eigenvalue weighted by Crippen LogP contribution is 2.31. The molecule has 0 aromatic heterocycles. The SMILES string of the molecule is CC1CCC(=CC(=O)N2CCC[C@@H]2[C@@H]2COCC[C@@H]2O)CC1.